The number of nitrogens with zero attached hydrogens (tertiary/aromatic N) is 14. The number of nitrogens with one attached hydrogen (secondary N) is 3. The summed E-state index contributed by atoms with van der Waals surface area (Å²) in [6.07, 6.45) is 32.2. The van der Waals surface area contributed by atoms with Crippen molar-refractivity contribution in [1.29, 1.82) is 0 Å². The molecule has 5 rings (SSSR count). The van der Waals surface area contributed by atoms with Gasteiger partial charge in [0.15, 0.2) is 5.96 Å². The summed E-state index contributed by atoms with van der Waals surface area (Å²) in [6, 6.07) is -0.836. The molecule has 91 heavy (non-hydrogen) atoms. The molecule has 2 aliphatic heterocycles. The molecule has 2 aliphatic rings. The van der Waals surface area contributed by atoms with Crippen LogP contribution < -0.4 is 43.0 Å². The van der Waals surface area contributed by atoms with Gasteiger partial charge in [0, 0.05) is 104 Å². The number of carbonyl (C=O) groups is 4. The zero-order valence-corrected chi connectivity index (χ0v) is 55.4. The van der Waals surface area contributed by atoms with Gasteiger partial charge in [0.25, 0.3) is 0 Å². The average Bonchev–Trinajstić information content (AvgIpc) is 1.87. The van der Waals surface area contributed by atoms with Crippen molar-refractivity contribution in [3.8, 4) is 12.3 Å². The van der Waals surface area contributed by atoms with Gasteiger partial charge in [-0.2, -0.15) is 15.0 Å². The largest absolute Gasteiger partial charge is 0.377 e. The van der Waals surface area contributed by atoms with Crippen molar-refractivity contribution in [1.82, 2.24) is 65.4 Å². The van der Waals surface area contributed by atoms with Crippen molar-refractivity contribution in [3.05, 3.63) is 23.8 Å². The molecule has 0 spiro atoms. The molecule has 3 aromatic heterocycles. The highest BCUT2D eigenvalue weighted by molar-refractivity contribution is 5.81. The van der Waals surface area contributed by atoms with Gasteiger partial charge in [0.1, 0.15) is 18.7 Å². The first kappa shape index (κ1) is 75.0. The molecular weight excluding hydrogens is 1160 g/mol. The van der Waals surface area contributed by atoms with Crippen LogP contribution in [0.4, 0.5) is 17.8 Å². The number of ether oxygens (including phenoxy) is 3. The van der Waals surface area contributed by atoms with Gasteiger partial charge in [0.05, 0.1) is 44.4 Å². The Morgan fingerprint density at radius 3 is 1.58 bits per heavy atom. The lowest BCUT2D eigenvalue weighted by Crippen LogP contribution is -2.50. The molecule has 9 N–H and O–H groups in total. The van der Waals surface area contributed by atoms with Crippen molar-refractivity contribution in [3.63, 3.8) is 0 Å². The van der Waals surface area contributed by atoms with E-state index in [4.69, 9.17) is 52.8 Å². The van der Waals surface area contributed by atoms with Crippen LogP contribution in [0.5, 0.6) is 0 Å². The number of terminal acetylenes is 1. The van der Waals surface area contributed by atoms with Crippen molar-refractivity contribution in [2.24, 2.45) is 28.1 Å². The number of piperazine rings is 2. The highest BCUT2D eigenvalue weighted by Crippen LogP contribution is 2.23. The Kier molecular flexibility index (Phi) is 37.5. The first-order chi connectivity index (χ1) is 44.4. The maximum Gasteiger partial charge on any atom is 0.244 e. The van der Waals surface area contributed by atoms with E-state index < -0.39 is 6.04 Å². The molecule has 0 radical (unpaired) electrons. The number of guanidine groups is 1. The summed E-state index contributed by atoms with van der Waals surface area (Å²) < 4.78 is 20.0. The van der Waals surface area contributed by atoms with Crippen molar-refractivity contribution in [2.45, 2.75) is 193 Å². The normalized spacial score (nSPS) is 14.5. The Balaban J connectivity index is 0.961. The number of anilines is 3. The number of unbranched alkanes of at least 4 members (excludes halogenated alkanes) is 15. The van der Waals surface area contributed by atoms with Crippen molar-refractivity contribution < 1.29 is 33.4 Å². The van der Waals surface area contributed by atoms with Crippen molar-refractivity contribution in [2.75, 3.05) is 140 Å². The molecule has 4 amide bonds. The van der Waals surface area contributed by atoms with E-state index in [2.05, 4.69) is 71.1 Å². The van der Waals surface area contributed by atoms with Gasteiger partial charge in [-0.15, -0.1) is 16.6 Å². The molecule has 510 valence electrons. The topological polar surface area (TPSA) is 336 Å². The molecule has 0 aliphatic carbocycles. The highest BCUT2D eigenvalue weighted by atomic mass is 16.5. The first-order valence-corrected chi connectivity index (χ1v) is 34.2. The van der Waals surface area contributed by atoms with E-state index in [1.807, 2.05) is 29.1 Å². The predicted octanol–water partition coefficient (Wildman–Crippen LogP) is 5.26. The summed E-state index contributed by atoms with van der Waals surface area (Å²) in [5, 5.41) is 26.4. The fraction of sp³-hybridized carbons (Fsp3) is 0.781. The Labute approximate surface area is 541 Å². The second-order valence-corrected chi connectivity index (χ2v) is 24.2. The average molecular weight is 1270 g/mol. The SMILES string of the molecule is C#CCOCCOCCOCCNc1nc(N2CCN(C(=O)CCCCCCCCCCNC(=O)[C@@H](CCCN=C(N)N)n3cc(C[C@@H](C)CC)nn3)CC2)nc(N2CCN(C(=O)CCCCCCCCCCNC(=O)[C@H](CCCCN)n3cc(C)nn3)CC2)n1. The number of aryl methyl sites for hydroxylation is 1. The molecule has 5 heterocycles. The van der Waals surface area contributed by atoms with Gasteiger partial charge >= 0.3 is 0 Å². The minimum Gasteiger partial charge on any atom is -0.377 e. The second kappa shape index (κ2) is 45.5. The smallest absolute Gasteiger partial charge is 0.244 e. The molecule has 27 heteroatoms. The van der Waals surface area contributed by atoms with Gasteiger partial charge in [0.2, 0.25) is 41.5 Å². The van der Waals surface area contributed by atoms with Crippen LogP contribution in [0.15, 0.2) is 17.4 Å². The van der Waals surface area contributed by atoms with E-state index in [1.165, 1.54) is 0 Å². The lowest BCUT2D eigenvalue weighted by Gasteiger charge is -2.36. The van der Waals surface area contributed by atoms with E-state index in [-0.39, 0.29) is 42.2 Å². The number of rotatable bonds is 50. The third kappa shape index (κ3) is 30.5. The molecule has 2 fully saturated rings. The van der Waals surface area contributed by atoms with Crippen LogP contribution in [0, 0.1) is 25.2 Å². The highest BCUT2D eigenvalue weighted by Gasteiger charge is 2.28. The zero-order valence-electron chi connectivity index (χ0n) is 55.4. The molecule has 0 bridgehead atoms. The minimum atomic E-state index is -0.473. The van der Waals surface area contributed by atoms with Gasteiger partial charge < -0.3 is 67.0 Å². The molecule has 3 atom stereocenters. The van der Waals surface area contributed by atoms with E-state index >= 15 is 0 Å². The molecule has 0 saturated carbocycles. The summed E-state index contributed by atoms with van der Waals surface area (Å²) in [4.78, 5) is 80.1. The molecular formula is C64H112N20O7. The number of carbonyl (C=O) groups excluding carboxylic acids is 4. The standard InChI is InChI=1S/C64H112N20O7/c1-5-43-89-45-47-91-48-46-90-44-34-71-62-72-63(81-39-35-79(36-40-81)57(85)28-19-15-11-7-9-13-17-23-31-68-59(87)55(26-21-22-30-65)83-50-53(4)75-77-83)74-64(73-62)82-41-37-80(38-42-82)58(86)29-20-16-12-8-10-14-18-24-32-69-60(88)56(27-25-33-70-61(66)67)84-51-54(76-78-84)49-52(3)6-2/h1,50-52,55-56H,6-49,65H2,2-4H3,(H,68,87)(H,69,88)(H4,66,67,70)(H,71,72,73,74)/t52-,55-,56+/m0/s1. The van der Waals surface area contributed by atoms with E-state index in [1.54, 1.807) is 9.36 Å². The van der Waals surface area contributed by atoms with Gasteiger partial charge in [-0.1, -0.05) is 114 Å². The predicted molar refractivity (Wildman–Crippen MR) is 355 cm³/mol. The molecule has 27 nitrogen and oxygen atoms in total. The second-order valence-electron chi connectivity index (χ2n) is 24.2. The van der Waals surface area contributed by atoms with E-state index in [0.717, 1.165) is 140 Å². The Hall–Kier alpha value is -6.76. The van der Waals surface area contributed by atoms with Gasteiger partial charge in [-0.05, 0) is 83.6 Å². The number of hydrogen-bond donors (Lipinski definition) is 6. The van der Waals surface area contributed by atoms with Gasteiger partial charge in [-0.25, -0.2) is 9.36 Å². The summed E-state index contributed by atoms with van der Waals surface area (Å²) in [7, 11) is 0. The summed E-state index contributed by atoms with van der Waals surface area (Å²) in [5.41, 5.74) is 18.4. The summed E-state index contributed by atoms with van der Waals surface area (Å²) in [6.45, 7) is 16.2. The molecule has 0 aromatic carbocycles. The van der Waals surface area contributed by atoms with Crippen LogP contribution >= 0.6 is 0 Å². The van der Waals surface area contributed by atoms with Crippen LogP contribution in [-0.2, 0) is 39.8 Å². The maximum absolute atomic E-state index is 13.4. The quantitative estimate of drug-likeness (QED) is 0.0182. The van der Waals surface area contributed by atoms with Crippen molar-refractivity contribution >= 4 is 47.4 Å². The Morgan fingerprint density at radius 2 is 1.09 bits per heavy atom. The van der Waals surface area contributed by atoms with Crippen LogP contribution in [0.1, 0.15) is 191 Å². The maximum atomic E-state index is 13.4. The Morgan fingerprint density at radius 1 is 0.604 bits per heavy atom. The van der Waals surface area contributed by atoms with E-state index in [0.29, 0.717) is 174 Å². The van der Waals surface area contributed by atoms with Crippen LogP contribution in [0.25, 0.3) is 0 Å². The molecule has 3 aromatic rings. The van der Waals surface area contributed by atoms with Crippen LogP contribution in [-0.4, -0.2) is 209 Å². The summed E-state index contributed by atoms with van der Waals surface area (Å²) >= 11 is 0. The number of amides is 4. The first-order valence-electron chi connectivity index (χ1n) is 34.2. The lowest BCUT2D eigenvalue weighted by molar-refractivity contribution is -0.132. The lowest BCUT2D eigenvalue weighted by atomic mass is 10.0. The zero-order chi connectivity index (χ0) is 65.1. The molecule has 2 saturated heterocycles. The van der Waals surface area contributed by atoms with Crippen LogP contribution in [0.2, 0.25) is 0 Å². The Bertz CT molecular complexity index is 2560. The third-order valence-corrected chi connectivity index (χ3v) is 16.7. The minimum absolute atomic E-state index is 0.0139. The fourth-order valence-corrected chi connectivity index (χ4v) is 11.1. The number of aliphatic imine (C=N–C) groups is 1. The molecule has 0 unspecified atom stereocenters. The van der Waals surface area contributed by atoms with E-state index in [9.17, 15) is 19.2 Å². The summed E-state index contributed by atoms with van der Waals surface area (Å²) in [5.74, 6) is 4.82. The number of hydrogen-bond acceptors (Lipinski definition) is 19. The van der Waals surface area contributed by atoms with Crippen LogP contribution in [0.3, 0.4) is 0 Å². The number of nitrogens with two attached hydrogens (primary N) is 3. The van der Waals surface area contributed by atoms with Gasteiger partial charge in [-0.3, -0.25) is 24.2 Å². The third-order valence-electron chi connectivity index (χ3n) is 16.7. The fourth-order valence-electron chi connectivity index (χ4n) is 11.1. The number of aromatic nitrogens is 9. The monoisotopic (exact) mass is 1270 g/mol.